The quantitative estimate of drug-likeness (QED) is 0.790. The van der Waals surface area contributed by atoms with Crippen molar-refractivity contribution in [1.82, 2.24) is 15.1 Å². The molecule has 0 amide bonds. The normalized spacial score (nSPS) is 13.0. The summed E-state index contributed by atoms with van der Waals surface area (Å²) in [5.41, 5.74) is 2.54. The molecule has 1 atom stereocenters. The Morgan fingerprint density at radius 1 is 1.25 bits per heavy atom. The molecule has 0 aliphatic carbocycles. The van der Waals surface area contributed by atoms with Crippen LogP contribution < -0.4 is 5.32 Å². The third-order valence-corrected chi connectivity index (χ3v) is 4.49. The van der Waals surface area contributed by atoms with Crippen molar-refractivity contribution in [2.24, 2.45) is 0 Å². The van der Waals surface area contributed by atoms with Crippen molar-refractivity contribution in [1.29, 1.82) is 0 Å². The molecule has 3 nitrogen and oxygen atoms in total. The van der Waals surface area contributed by atoms with E-state index in [2.05, 4.69) is 59.9 Å². The van der Waals surface area contributed by atoms with Crippen LogP contribution in [0.4, 0.5) is 0 Å². The summed E-state index contributed by atoms with van der Waals surface area (Å²) in [6.07, 6.45) is 5.36. The Balaban J connectivity index is 2.07. The lowest BCUT2D eigenvalue weighted by Crippen LogP contribution is -2.22. The lowest BCUT2D eigenvalue weighted by atomic mass is 10.1. The van der Waals surface area contributed by atoms with E-state index < -0.39 is 0 Å². The molecule has 0 saturated heterocycles. The number of nitrogens with zero attached hydrogens (tertiary/aromatic N) is 2. The molecular weight excluding hydrogens is 266 g/mol. The molecule has 0 radical (unpaired) electrons. The van der Waals surface area contributed by atoms with E-state index in [1.165, 1.54) is 11.3 Å². The minimum Gasteiger partial charge on any atom is -0.310 e. The van der Waals surface area contributed by atoms with Crippen molar-refractivity contribution in [2.75, 3.05) is 6.54 Å². The second kappa shape index (κ2) is 7.60. The van der Waals surface area contributed by atoms with Crippen molar-refractivity contribution >= 4 is 11.3 Å². The predicted octanol–water partition coefficient (Wildman–Crippen LogP) is 4.20. The largest absolute Gasteiger partial charge is 0.310 e. The Bertz CT molecular complexity index is 486. The van der Waals surface area contributed by atoms with E-state index in [0.717, 1.165) is 25.8 Å². The average molecular weight is 291 g/mol. The molecule has 0 spiro atoms. The third-order valence-electron chi connectivity index (χ3n) is 3.79. The first-order valence-corrected chi connectivity index (χ1v) is 8.52. The van der Waals surface area contributed by atoms with Gasteiger partial charge in [0, 0.05) is 18.7 Å². The molecule has 0 aliphatic heterocycles. The summed E-state index contributed by atoms with van der Waals surface area (Å²) in [5, 5.41) is 12.7. The Hall–Kier alpha value is -1.13. The van der Waals surface area contributed by atoms with E-state index >= 15 is 0 Å². The molecule has 0 aliphatic rings. The highest BCUT2D eigenvalue weighted by Gasteiger charge is 2.14. The zero-order chi connectivity index (χ0) is 14.4. The molecule has 0 fully saturated rings. The van der Waals surface area contributed by atoms with Gasteiger partial charge in [0.05, 0.1) is 11.7 Å². The van der Waals surface area contributed by atoms with Crippen LogP contribution in [0.25, 0.3) is 0 Å². The molecule has 2 aromatic rings. The van der Waals surface area contributed by atoms with Crippen LogP contribution >= 0.6 is 11.3 Å². The Morgan fingerprint density at radius 3 is 2.65 bits per heavy atom. The third kappa shape index (κ3) is 3.70. The standard InChI is InChI=1S/C16H25N3S/c1-4-15(5-2)19-9-7-14(18-19)11-16(17-6-3)13-8-10-20-12-13/h7-10,12,15-17H,4-6,11H2,1-3H3. The number of likely N-dealkylation sites (N-methyl/N-ethyl adjacent to an activating group) is 1. The molecular formula is C16H25N3S. The van der Waals surface area contributed by atoms with Gasteiger partial charge in [-0.3, -0.25) is 4.68 Å². The SMILES string of the molecule is CCNC(Cc1ccn(C(CC)CC)n1)c1ccsc1. The fourth-order valence-corrected chi connectivity index (χ4v) is 3.30. The van der Waals surface area contributed by atoms with Gasteiger partial charge in [0.1, 0.15) is 0 Å². The molecule has 110 valence electrons. The van der Waals surface area contributed by atoms with E-state index in [-0.39, 0.29) is 0 Å². The second-order valence-corrected chi connectivity index (χ2v) is 5.91. The van der Waals surface area contributed by atoms with E-state index in [0.29, 0.717) is 12.1 Å². The van der Waals surface area contributed by atoms with Gasteiger partial charge < -0.3 is 5.32 Å². The molecule has 2 heterocycles. The number of nitrogens with one attached hydrogen (secondary N) is 1. The first-order valence-electron chi connectivity index (χ1n) is 7.57. The lowest BCUT2D eigenvalue weighted by Gasteiger charge is -2.16. The van der Waals surface area contributed by atoms with Crippen LogP contribution in [-0.2, 0) is 6.42 Å². The summed E-state index contributed by atoms with van der Waals surface area (Å²) in [6.45, 7) is 7.58. The van der Waals surface area contributed by atoms with E-state index in [1.54, 1.807) is 11.3 Å². The summed E-state index contributed by atoms with van der Waals surface area (Å²) < 4.78 is 2.13. The maximum absolute atomic E-state index is 4.76. The van der Waals surface area contributed by atoms with E-state index in [1.807, 2.05) is 0 Å². The summed E-state index contributed by atoms with van der Waals surface area (Å²) in [6, 6.07) is 5.27. The van der Waals surface area contributed by atoms with Gasteiger partial charge in [-0.25, -0.2) is 0 Å². The first-order chi connectivity index (χ1) is 9.78. The topological polar surface area (TPSA) is 29.9 Å². The van der Waals surface area contributed by atoms with Crippen LogP contribution in [0.15, 0.2) is 29.1 Å². The van der Waals surface area contributed by atoms with Gasteiger partial charge in [-0.05, 0) is 47.8 Å². The summed E-state index contributed by atoms with van der Waals surface area (Å²) >= 11 is 1.76. The smallest absolute Gasteiger partial charge is 0.0643 e. The Morgan fingerprint density at radius 2 is 2.05 bits per heavy atom. The molecule has 0 saturated carbocycles. The second-order valence-electron chi connectivity index (χ2n) is 5.13. The fraction of sp³-hybridized carbons (Fsp3) is 0.562. The highest BCUT2D eigenvalue weighted by molar-refractivity contribution is 7.07. The van der Waals surface area contributed by atoms with Crippen LogP contribution in [0, 0.1) is 0 Å². The van der Waals surface area contributed by atoms with Gasteiger partial charge in [0.2, 0.25) is 0 Å². The number of rotatable bonds is 8. The van der Waals surface area contributed by atoms with Crippen molar-refractivity contribution in [3.8, 4) is 0 Å². The fourth-order valence-electron chi connectivity index (χ4n) is 2.59. The number of hydrogen-bond acceptors (Lipinski definition) is 3. The molecule has 2 rings (SSSR count). The monoisotopic (exact) mass is 291 g/mol. The molecule has 4 heteroatoms. The van der Waals surface area contributed by atoms with Crippen molar-refractivity contribution in [3.05, 3.63) is 40.3 Å². The minimum absolute atomic E-state index is 0.372. The van der Waals surface area contributed by atoms with Crippen LogP contribution in [0.2, 0.25) is 0 Å². The van der Waals surface area contributed by atoms with E-state index in [4.69, 9.17) is 5.10 Å². The first kappa shape index (κ1) is 15.3. The lowest BCUT2D eigenvalue weighted by molar-refractivity contribution is 0.422. The van der Waals surface area contributed by atoms with Crippen LogP contribution in [0.3, 0.4) is 0 Å². The summed E-state index contributed by atoms with van der Waals surface area (Å²) in [7, 11) is 0. The summed E-state index contributed by atoms with van der Waals surface area (Å²) in [5.74, 6) is 0. The van der Waals surface area contributed by atoms with Crippen LogP contribution in [0.5, 0.6) is 0 Å². The number of hydrogen-bond donors (Lipinski definition) is 1. The van der Waals surface area contributed by atoms with Gasteiger partial charge in [0.15, 0.2) is 0 Å². The Labute approximate surface area is 126 Å². The Kier molecular flexibility index (Phi) is 5.80. The summed E-state index contributed by atoms with van der Waals surface area (Å²) in [4.78, 5) is 0. The highest BCUT2D eigenvalue weighted by Crippen LogP contribution is 2.21. The molecule has 1 N–H and O–H groups in total. The van der Waals surface area contributed by atoms with Crippen molar-refractivity contribution < 1.29 is 0 Å². The highest BCUT2D eigenvalue weighted by atomic mass is 32.1. The van der Waals surface area contributed by atoms with Gasteiger partial charge >= 0.3 is 0 Å². The van der Waals surface area contributed by atoms with Crippen molar-refractivity contribution in [2.45, 2.75) is 52.1 Å². The van der Waals surface area contributed by atoms with Crippen LogP contribution in [0.1, 0.15) is 57.0 Å². The van der Waals surface area contributed by atoms with Gasteiger partial charge in [-0.2, -0.15) is 16.4 Å². The van der Waals surface area contributed by atoms with Gasteiger partial charge in [0.25, 0.3) is 0 Å². The maximum atomic E-state index is 4.76. The molecule has 20 heavy (non-hydrogen) atoms. The molecule has 0 bridgehead atoms. The van der Waals surface area contributed by atoms with Crippen LogP contribution in [-0.4, -0.2) is 16.3 Å². The van der Waals surface area contributed by atoms with Crippen molar-refractivity contribution in [3.63, 3.8) is 0 Å². The van der Waals surface area contributed by atoms with Gasteiger partial charge in [-0.15, -0.1) is 0 Å². The average Bonchev–Trinajstić information content (AvgIpc) is 3.11. The zero-order valence-electron chi connectivity index (χ0n) is 12.7. The molecule has 0 aromatic carbocycles. The van der Waals surface area contributed by atoms with Gasteiger partial charge in [-0.1, -0.05) is 20.8 Å². The zero-order valence-corrected chi connectivity index (χ0v) is 13.5. The predicted molar refractivity (Wildman–Crippen MR) is 86.3 cm³/mol. The number of thiophene rings is 1. The minimum atomic E-state index is 0.372. The maximum Gasteiger partial charge on any atom is 0.0643 e. The molecule has 2 aromatic heterocycles. The number of aromatic nitrogens is 2. The molecule has 1 unspecified atom stereocenters. The van der Waals surface area contributed by atoms with E-state index in [9.17, 15) is 0 Å².